The van der Waals surface area contributed by atoms with Gasteiger partial charge in [0, 0.05) is 98.7 Å². The van der Waals surface area contributed by atoms with E-state index in [4.69, 9.17) is 18.9 Å². The Hall–Kier alpha value is -12.5. The van der Waals surface area contributed by atoms with Crippen LogP contribution in [0, 0.1) is 62.3 Å². The number of fused-ring (bicyclic) bond motifs is 12. The maximum atomic E-state index is 7.84. The lowest BCUT2D eigenvalue weighted by atomic mass is 9.30. The molecule has 1 N–H and O–H groups in total. The lowest BCUT2D eigenvalue weighted by Gasteiger charge is -2.44. The van der Waals surface area contributed by atoms with Crippen molar-refractivity contribution in [2.45, 2.75) is 62.3 Å². The first-order chi connectivity index (χ1) is 51.2. The van der Waals surface area contributed by atoms with E-state index >= 15 is 0 Å². The van der Waals surface area contributed by atoms with Crippen LogP contribution in [-0.2, 0) is 0 Å². The fraction of sp³-hybridized carbons (Fsp3) is 0.0968. The number of hydrogen-bond donors (Lipinski definition) is 1. The lowest BCUT2D eigenvalue weighted by molar-refractivity contribution is 0.465. The number of aryl methyl sites for hydroxylation is 9. The maximum absolute atomic E-state index is 7.84. The third kappa shape index (κ3) is 10.1. The van der Waals surface area contributed by atoms with Gasteiger partial charge in [-0.3, -0.25) is 0 Å². The predicted molar refractivity (Wildman–Crippen MR) is 438 cm³/mol. The Labute approximate surface area is 614 Å². The second-order valence-electron chi connectivity index (χ2n) is 29.6. The number of para-hydroxylation sites is 2. The number of hydrogen-bond acceptors (Lipinski definition) is 9. The van der Waals surface area contributed by atoms with Crippen molar-refractivity contribution < 1.29 is 18.9 Å². The van der Waals surface area contributed by atoms with Gasteiger partial charge in [0.15, 0.2) is 0 Å². The molecule has 0 saturated carbocycles. The van der Waals surface area contributed by atoms with Crippen LogP contribution in [0.15, 0.2) is 267 Å². The van der Waals surface area contributed by atoms with Crippen LogP contribution < -0.4 is 93.0 Å². The molecular weight excluding hydrogens is 1280 g/mol. The zero-order chi connectivity index (χ0) is 70.8. The first-order valence-corrected chi connectivity index (χ1v) is 36.4. The molecule has 0 aromatic heterocycles. The molecule has 502 valence electrons. The Morgan fingerprint density at radius 1 is 0.248 bits per heavy atom. The molecule has 0 radical (unpaired) electrons. The summed E-state index contributed by atoms with van der Waals surface area (Å²) in [4.78, 5) is 9.56. The van der Waals surface area contributed by atoms with Crippen LogP contribution in [0.5, 0.6) is 46.0 Å². The number of nitrogens with one attached hydrogen (secondary N) is 1. The van der Waals surface area contributed by atoms with E-state index in [-0.39, 0.29) is 20.1 Å². The van der Waals surface area contributed by atoms with Crippen LogP contribution in [0.25, 0.3) is 0 Å². The van der Waals surface area contributed by atoms with E-state index in [1.165, 1.54) is 38.9 Å². The van der Waals surface area contributed by atoms with Crippen molar-refractivity contribution in [1.82, 2.24) is 0 Å². The second-order valence-corrected chi connectivity index (χ2v) is 29.6. The molecule has 0 fully saturated rings. The fourth-order valence-corrected chi connectivity index (χ4v) is 17.4. The van der Waals surface area contributed by atoms with Crippen LogP contribution in [-0.4, -0.2) is 20.1 Å². The van der Waals surface area contributed by atoms with Gasteiger partial charge in [-0.2, -0.15) is 0 Å². The monoisotopic (exact) mass is 1360 g/mol. The SMILES string of the molecule is Cc1ccc(N(c2ccc(C)cc2)c2cc3c4c(c2)Oc2ccccc2B4c2cc4c(cc2N3)Oc2cc(N(c3ccc(C)cc3)c3ccc(C)cc3)cc3c2B4c2cc4c(cc2N3c2c(C)cc(C)cc2C)Oc2cc(N(c3ccc(C)cc3)c3ccc(C)cc3)cc3c2B4c2ccccc2O3)cc1. The smallest absolute Gasteiger partial charge is 0.260 e. The topological polar surface area (TPSA) is 61.9 Å². The summed E-state index contributed by atoms with van der Waals surface area (Å²) in [6.07, 6.45) is 0. The molecule has 0 bridgehead atoms. The highest BCUT2D eigenvalue weighted by molar-refractivity contribution is 7.03. The maximum Gasteiger partial charge on any atom is 0.260 e. The van der Waals surface area contributed by atoms with Crippen LogP contribution >= 0.6 is 0 Å². The van der Waals surface area contributed by atoms with Gasteiger partial charge in [0.1, 0.15) is 46.0 Å². The number of rotatable bonds is 10. The molecule has 6 heterocycles. The molecule has 9 nitrogen and oxygen atoms in total. The molecule has 0 saturated heterocycles. The quantitative estimate of drug-likeness (QED) is 0.135. The van der Waals surface area contributed by atoms with E-state index < -0.39 is 0 Å². The van der Waals surface area contributed by atoms with Gasteiger partial charge in [-0.1, -0.05) is 172 Å². The molecule has 0 atom stereocenters. The molecule has 20 rings (SSSR count). The molecule has 0 amide bonds. The van der Waals surface area contributed by atoms with Gasteiger partial charge in [-0.15, -0.1) is 0 Å². The summed E-state index contributed by atoms with van der Waals surface area (Å²) in [5, 5.41) is 4.09. The van der Waals surface area contributed by atoms with Crippen molar-refractivity contribution in [3.05, 3.63) is 317 Å². The molecule has 14 aromatic rings. The summed E-state index contributed by atoms with van der Waals surface area (Å²) in [5.74, 6) is 6.31. The van der Waals surface area contributed by atoms with Crippen molar-refractivity contribution in [1.29, 1.82) is 0 Å². The Kier molecular flexibility index (Phi) is 14.1. The number of anilines is 14. The zero-order valence-corrected chi connectivity index (χ0v) is 60.1. The lowest BCUT2D eigenvalue weighted by Crippen LogP contribution is -2.64. The fourth-order valence-electron chi connectivity index (χ4n) is 17.4. The standard InChI is InChI=1S/C93H72B3N5O4/c1-54-18-30-63(31-19-54)98(64-32-20-55(2)21-33-64)69-44-79-90-86(46-69)102-82-16-12-10-14-72(82)94(90)74-50-76-84(52-78(74)97-79)104-87-47-70(99(65-34-22-56(3)23-35-65)66-36-24-57(4)25-37-66)45-81-91(87)96(76)75-51-77-85(53-80(75)101(81)93-61(8)42-60(7)43-62(93)9)105-89-49-71(48-88-92(89)95(77)73-15-11-13-17-83(73)103-88)100(67-38-26-58(5)27-39-67)68-40-28-59(6)29-41-68/h10-53,97H,1-9H3. The summed E-state index contributed by atoms with van der Waals surface area (Å²) in [7, 11) is 0. The largest absolute Gasteiger partial charge is 0.458 e. The highest BCUT2D eigenvalue weighted by atomic mass is 16.5. The van der Waals surface area contributed by atoms with Crippen molar-refractivity contribution in [3.63, 3.8) is 0 Å². The summed E-state index contributed by atoms with van der Waals surface area (Å²) >= 11 is 0. The van der Waals surface area contributed by atoms with Gasteiger partial charge in [0.25, 0.3) is 20.1 Å². The first-order valence-electron chi connectivity index (χ1n) is 36.4. The second kappa shape index (κ2) is 23.8. The van der Waals surface area contributed by atoms with E-state index in [1.807, 2.05) is 0 Å². The highest BCUT2D eigenvalue weighted by Crippen LogP contribution is 2.51. The molecule has 105 heavy (non-hydrogen) atoms. The number of benzene rings is 14. The summed E-state index contributed by atoms with van der Waals surface area (Å²) in [6, 6.07) is 97.9. The van der Waals surface area contributed by atoms with Gasteiger partial charge in [-0.05, 0) is 214 Å². The molecule has 6 aliphatic heterocycles. The average molecular weight is 1360 g/mol. The minimum absolute atomic E-state index is 0.204. The van der Waals surface area contributed by atoms with E-state index in [9.17, 15) is 0 Å². The normalized spacial score (nSPS) is 13.1. The van der Waals surface area contributed by atoms with Gasteiger partial charge < -0.3 is 43.9 Å². The number of ether oxygens (including phenoxy) is 4. The zero-order valence-electron chi connectivity index (χ0n) is 60.1. The van der Waals surface area contributed by atoms with Crippen LogP contribution in [0.1, 0.15) is 50.1 Å². The Morgan fingerprint density at radius 3 is 1.05 bits per heavy atom. The molecule has 0 aliphatic carbocycles. The van der Waals surface area contributed by atoms with Gasteiger partial charge in [0.05, 0.1) is 22.7 Å². The molecule has 0 unspecified atom stereocenters. The minimum Gasteiger partial charge on any atom is -0.458 e. The van der Waals surface area contributed by atoms with E-state index in [1.54, 1.807) is 0 Å². The first kappa shape index (κ1) is 62.3. The molecular formula is C93H72B3N5O4. The van der Waals surface area contributed by atoms with Gasteiger partial charge in [-0.25, -0.2) is 0 Å². The van der Waals surface area contributed by atoms with Crippen molar-refractivity contribution >= 4 is 149 Å². The van der Waals surface area contributed by atoms with Crippen LogP contribution in [0.2, 0.25) is 0 Å². The number of nitrogens with zero attached hydrogens (tertiary/aromatic N) is 4. The third-order valence-electron chi connectivity index (χ3n) is 22.2. The Balaban J connectivity index is 0.837. The average Bonchev–Trinajstić information content (AvgIpc) is 0.693. The van der Waals surface area contributed by atoms with Crippen LogP contribution in [0.4, 0.5) is 79.6 Å². The molecule has 14 aromatic carbocycles. The minimum atomic E-state index is -0.347. The van der Waals surface area contributed by atoms with Crippen molar-refractivity contribution in [2.75, 3.05) is 24.9 Å². The highest BCUT2D eigenvalue weighted by Gasteiger charge is 2.49. The van der Waals surface area contributed by atoms with Crippen molar-refractivity contribution in [3.8, 4) is 46.0 Å². The molecule has 0 spiro atoms. The van der Waals surface area contributed by atoms with Crippen LogP contribution in [0.3, 0.4) is 0 Å². The molecule has 6 aliphatic rings. The molecule has 12 heteroatoms. The van der Waals surface area contributed by atoms with Gasteiger partial charge in [0.2, 0.25) is 0 Å². The predicted octanol–water partition coefficient (Wildman–Crippen LogP) is 18.7. The third-order valence-corrected chi connectivity index (χ3v) is 22.2. The summed E-state index contributed by atoms with van der Waals surface area (Å²) < 4.78 is 29.9. The van der Waals surface area contributed by atoms with E-state index in [2.05, 4.69) is 354 Å². The summed E-state index contributed by atoms with van der Waals surface area (Å²) in [6.45, 7) is 18.8. The Bertz CT molecular complexity index is 5810. The van der Waals surface area contributed by atoms with E-state index in [0.29, 0.717) is 0 Å². The Morgan fingerprint density at radius 2 is 0.600 bits per heavy atom. The summed E-state index contributed by atoms with van der Waals surface area (Å²) in [5.41, 5.74) is 34.6. The van der Waals surface area contributed by atoms with Crippen molar-refractivity contribution in [2.24, 2.45) is 0 Å². The van der Waals surface area contributed by atoms with E-state index in [0.717, 1.165) is 186 Å². The van der Waals surface area contributed by atoms with Gasteiger partial charge >= 0.3 is 0 Å².